The summed E-state index contributed by atoms with van der Waals surface area (Å²) in [4.78, 5) is 29.9. The number of likely N-dealkylation sites (tertiary alicyclic amines) is 1. The van der Waals surface area contributed by atoms with Crippen molar-refractivity contribution in [2.75, 3.05) is 37.7 Å². The van der Waals surface area contributed by atoms with Crippen LogP contribution in [0, 0.1) is 23.1 Å². The predicted molar refractivity (Wildman–Crippen MR) is 159 cm³/mol. The minimum absolute atomic E-state index is 0.157. The Hall–Kier alpha value is -3.93. The van der Waals surface area contributed by atoms with Crippen LogP contribution in [0.3, 0.4) is 0 Å². The number of amides is 1. The van der Waals surface area contributed by atoms with Gasteiger partial charge in [-0.25, -0.2) is 24.1 Å². The predicted octanol–water partition coefficient (Wildman–Crippen LogP) is 4.56. The monoisotopic (exact) mass is 600 g/mol. The maximum Gasteiger partial charge on any atom is 0.407 e. The minimum atomic E-state index is -0.357. The van der Waals surface area contributed by atoms with Crippen molar-refractivity contribution in [3.05, 3.63) is 48.6 Å². The molecule has 8 rings (SSSR count). The van der Waals surface area contributed by atoms with Gasteiger partial charge in [0, 0.05) is 60.9 Å². The summed E-state index contributed by atoms with van der Waals surface area (Å²) in [5, 5.41) is 11.4. The van der Waals surface area contributed by atoms with Crippen LogP contribution in [0.25, 0.3) is 11.1 Å². The second kappa shape index (κ2) is 10.3. The molecule has 44 heavy (non-hydrogen) atoms. The maximum absolute atomic E-state index is 14.5. The molecule has 2 spiro atoms. The number of ether oxygens (including phenoxy) is 2. The maximum atomic E-state index is 14.5. The molecule has 2 aromatic heterocycles. The molecular formula is C32H37FN8O3. The zero-order chi connectivity index (χ0) is 30.1. The number of nitrogens with zero attached hydrogens (tertiary/aromatic N) is 7. The van der Waals surface area contributed by atoms with E-state index in [9.17, 15) is 9.18 Å². The van der Waals surface area contributed by atoms with Crippen LogP contribution in [0.4, 0.5) is 15.0 Å². The molecule has 1 aromatic carbocycles. The van der Waals surface area contributed by atoms with Gasteiger partial charge in [-0.1, -0.05) is 13.8 Å². The van der Waals surface area contributed by atoms with Gasteiger partial charge in [0.15, 0.2) is 5.82 Å². The van der Waals surface area contributed by atoms with Crippen molar-refractivity contribution in [2.45, 2.75) is 63.5 Å². The Morgan fingerprint density at radius 1 is 1.11 bits per heavy atom. The third-order valence-electron chi connectivity index (χ3n) is 10.3. The average Bonchev–Trinajstić information content (AvgIpc) is 3.61. The Kier molecular flexibility index (Phi) is 6.48. The fourth-order valence-corrected chi connectivity index (χ4v) is 8.24. The zero-order valence-corrected chi connectivity index (χ0v) is 25.1. The van der Waals surface area contributed by atoms with E-state index in [2.05, 4.69) is 54.1 Å². The van der Waals surface area contributed by atoms with E-state index in [1.807, 2.05) is 0 Å². The molecule has 5 heterocycles. The Morgan fingerprint density at radius 2 is 1.95 bits per heavy atom. The quantitative estimate of drug-likeness (QED) is 0.394. The van der Waals surface area contributed by atoms with Crippen molar-refractivity contribution >= 4 is 11.9 Å². The number of nitrogens with one attached hydrogen (secondary N) is 1. The van der Waals surface area contributed by atoms with Crippen molar-refractivity contribution < 1.29 is 18.7 Å². The number of carbonyl (C=O) groups excluding carboxylic acids is 1. The topological polar surface area (TPSA) is 118 Å². The number of carbonyl (C=O) groups is 1. The second-order valence-electron chi connectivity index (χ2n) is 13.9. The Labute approximate surface area is 255 Å². The molecule has 2 aliphatic carbocycles. The van der Waals surface area contributed by atoms with Gasteiger partial charge >= 0.3 is 6.09 Å². The van der Waals surface area contributed by atoms with Crippen molar-refractivity contribution in [1.29, 1.82) is 0 Å². The summed E-state index contributed by atoms with van der Waals surface area (Å²) in [6.07, 6.45) is 9.59. The first-order valence-corrected chi connectivity index (χ1v) is 15.7. The Bertz CT molecular complexity index is 1590. The lowest BCUT2D eigenvalue weighted by Crippen LogP contribution is -2.67. The van der Waals surface area contributed by atoms with Gasteiger partial charge in [-0.2, -0.15) is 0 Å². The molecule has 3 aliphatic heterocycles. The van der Waals surface area contributed by atoms with Crippen LogP contribution < -0.4 is 15.0 Å². The lowest BCUT2D eigenvalue weighted by Gasteiger charge is -2.58. The number of aromatic nitrogens is 5. The van der Waals surface area contributed by atoms with Crippen molar-refractivity contribution in [1.82, 2.24) is 35.4 Å². The molecule has 3 aromatic rings. The first-order chi connectivity index (χ1) is 21.3. The molecule has 3 saturated heterocycles. The minimum Gasteiger partial charge on any atom is -0.447 e. The normalized spacial score (nSPS) is 26.4. The molecule has 1 amide bonds. The number of anilines is 1. The first kappa shape index (κ1) is 27.6. The highest BCUT2D eigenvalue weighted by molar-refractivity contribution is 5.73. The number of rotatable bonds is 8. The van der Waals surface area contributed by atoms with Crippen LogP contribution in [-0.2, 0) is 4.74 Å². The van der Waals surface area contributed by atoms with Gasteiger partial charge in [-0.05, 0) is 62.1 Å². The lowest BCUT2D eigenvalue weighted by atomic mass is 9.62. The number of hydrogen-bond donors (Lipinski definition) is 1. The number of alkyl carbamates (subject to hydrolysis) is 1. The van der Waals surface area contributed by atoms with Crippen LogP contribution in [0.1, 0.15) is 57.6 Å². The van der Waals surface area contributed by atoms with E-state index in [-0.39, 0.29) is 22.9 Å². The summed E-state index contributed by atoms with van der Waals surface area (Å²) in [6, 6.07) is 4.97. The van der Waals surface area contributed by atoms with Crippen LogP contribution >= 0.6 is 0 Å². The number of benzene rings is 1. The van der Waals surface area contributed by atoms with E-state index >= 15 is 0 Å². The third kappa shape index (κ3) is 4.83. The van der Waals surface area contributed by atoms with Gasteiger partial charge in [-0.3, -0.25) is 4.90 Å². The molecule has 5 aliphatic rings. The van der Waals surface area contributed by atoms with Gasteiger partial charge in [0.25, 0.3) is 5.88 Å². The molecular weight excluding hydrogens is 563 g/mol. The van der Waals surface area contributed by atoms with Crippen molar-refractivity contribution in [3.63, 3.8) is 0 Å². The molecule has 1 N–H and O–H groups in total. The summed E-state index contributed by atoms with van der Waals surface area (Å²) in [6.45, 7) is 8.88. The second-order valence-corrected chi connectivity index (χ2v) is 13.9. The van der Waals surface area contributed by atoms with Crippen LogP contribution in [-0.4, -0.2) is 80.5 Å². The van der Waals surface area contributed by atoms with Crippen molar-refractivity contribution in [3.8, 4) is 22.8 Å². The first-order valence-electron chi connectivity index (χ1n) is 15.7. The molecule has 11 nitrogen and oxygen atoms in total. The number of cyclic esters (lactones) is 1. The molecule has 1 atom stereocenters. The summed E-state index contributed by atoms with van der Waals surface area (Å²) in [7, 11) is 0. The summed E-state index contributed by atoms with van der Waals surface area (Å²) in [5.41, 5.74) is 2.32. The van der Waals surface area contributed by atoms with Crippen LogP contribution in [0.15, 0.2) is 37.1 Å². The highest BCUT2D eigenvalue weighted by Gasteiger charge is 2.57. The Balaban J connectivity index is 0.978. The van der Waals surface area contributed by atoms with E-state index in [4.69, 9.17) is 9.47 Å². The van der Waals surface area contributed by atoms with E-state index in [0.717, 1.165) is 69.5 Å². The summed E-state index contributed by atoms with van der Waals surface area (Å²) >= 11 is 0. The third-order valence-corrected chi connectivity index (χ3v) is 10.3. The molecule has 5 fully saturated rings. The van der Waals surface area contributed by atoms with Gasteiger partial charge < -0.3 is 19.7 Å². The van der Waals surface area contributed by atoms with E-state index < -0.39 is 0 Å². The largest absolute Gasteiger partial charge is 0.447 e. The smallest absolute Gasteiger partial charge is 0.407 e. The van der Waals surface area contributed by atoms with Gasteiger partial charge in [0.2, 0.25) is 0 Å². The summed E-state index contributed by atoms with van der Waals surface area (Å²) in [5.74, 6) is 2.51. The van der Waals surface area contributed by atoms with Gasteiger partial charge in [0.1, 0.15) is 30.8 Å². The highest BCUT2D eigenvalue weighted by Crippen LogP contribution is 2.50. The molecule has 0 unspecified atom stereocenters. The van der Waals surface area contributed by atoms with Gasteiger partial charge in [-0.15, -0.1) is 10.2 Å². The number of hydrogen-bond acceptors (Lipinski definition) is 10. The van der Waals surface area contributed by atoms with Crippen LogP contribution in [0.5, 0.6) is 11.6 Å². The fourth-order valence-electron chi connectivity index (χ4n) is 8.24. The molecule has 12 heteroatoms. The molecule has 0 bridgehead atoms. The lowest BCUT2D eigenvalue weighted by molar-refractivity contribution is -0.0810. The SMILES string of the molecule is CC(C)[C@@H](C1CC2(COC(=O)N2)C1)N1CC2(CCN(c3ncnnc3Oc3ccc(F)cc3-c3cncnc3C3CC3)C2)C1. The molecule has 0 radical (unpaired) electrons. The average molecular weight is 601 g/mol. The zero-order valence-electron chi connectivity index (χ0n) is 25.1. The Morgan fingerprint density at radius 3 is 2.70 bits per heavy atom. The van der Waals surface area contributed by atoms with E-state index in [1.165, 1.54) is 18.5 Å². The number of halogens is 1. The fraction of sp³-hybridized carbons (Fsp3) is 0.562. The van der Waals surface area contributed by atoms with E-state index in [1.54, 1.807) is 18.6 Å². The van der Waals surface area contributed by atoms with E-state index in [0.29, 0.717) is 53.4 Å². The van der Waals surface area contributed by atoms with Crippen LogP contribution in [0.2, 0.25) is 0 Å². The highest BCUT2D eigenvalue weighted by atomic mass is 19.1. The van der Waals surface area contributed by atoms with Crippen molar-refractivity contribution in [2.24, 2.45) is 17.3 Å². The molecule has 2 saturated carbocycles. The standard InChI is InChI=1S/C32H37FN8O3/c1-19(2)27(21-10-32(11-21)16-43-30(42)38-32)41-14-31(15-41)7-8-40(13-31)28-29(39-37-18-36-28)44-25-6-5-22(33)9-23(25)24-12-34-17-35-26(24)20-3-4-20/h5-6,9,12,17-21,27H,3-4,7-8,10-11,13-16H2,1-2H3,(H,38,42)/t21?,27-,32?/m0/s1. The summed E-state index contributed by atoms with van der Waals surface area (Å²) < 4.78 is 26.1. The molecule has 230 valence electrons. The van der Waals surface area contributed by atoms with Gasteiger partial charge in [0.05, 0.1) is 11.2 Å².